The van der Waals surface area contributed by atoms with E-state index in [2.05, 4.69) is 32.8 Å². The molecule has 29 heavy (non-hydrogen) atoms. The van der Waals surface area contributed by atoms with E-state index in [1.807, 2.05) is 38.4 Å². The van der Waals surface area contributed by atoms with Crippen LogP contribution in [0.15, 0.2) is 36.7 Å². The van der Waals surface area contributed by atoms with Crippen molar-refractivity contribution in [2.24, 2.45) is 5.92 Å². The number of unbranched alkanes of at least 4 members (excludes halogenated alkanes) is 5. The summed E-state index contributed by atoms with van der Waals surface area (Å²) in [6, 6.07) is 7.44. The fourth-order valence-electron chi connectivity index (χ4n) is 3.12. The standard InChI is InChI=1S/C24H33BrN2O2/c1-4-6-7-8-9-10-11-20-16-27-23(17-26-20)19-12-14-21(15-13-19)29-24(28)18(3)22(25)5-2/h12-18,22H,4-11H2,1-3H3. The number of ether oxygens (including phenoxy) is 1. The zero-order chi connectivity index (χ0) is 21.1. The lowest BCUT2D eigenvalue weighted by molar-refractivity contribution is -0.138. The zero-order valence-corrected chi connectivity index (χ0v) is 19.5. The molecule has 158 valence electrons. The molecule has 4 nitrogen and oxygen atoms in total. The summed E-state index contributed by atoms with van der Waals surface area (Å²) in [6.45, 7) is 6.16. The normalized spacial score (nSPS) is 13.1. The summed E-state index contributed by atoms with van der Waals surface area (Å²) in [5.41, 5.74) is 2.84. The van der Waals surface area contributed by atoms with Crippen LogP contribution < -0.4 is 4.74 Å². The van der Waals surface area contributed by atoms with Gasteiger partial charge < -0.3 is 4.74 Å². The molecule has 2 aromatic rings. The van der Waals surface area contributed by atoms with E-state index in [1.54, 1.807) is 12.1 Å². The van der Waals surface area contributed by atoms with E-state index in [-0.39, 0.29) is 16.7 Å². The Bertz CT molecular complexity index is 732. The molecule has 0 fully saturated rings. The Kier molecular flexibility index (Phi) is 10.3. The largest absolute Gasteiger partial charge is 0.426 e. The van der Waals surface area contributed by atoms with E-state index in [1.165, 1.54) is 38.5 Å². The molecule has 0 bridgehead atoms. The van der Waals surface area contributed by atoms with Crippen molar-refractivity contribution >= 4 is 21.9 Å². The van der Waals surface area contributed by atoms with E-state index in [0.29, 0.717) is 5.75 Å². The molecule has 0 saturated heterocycles. The number of carbonyl (C=O) groups excluding carboxylic acids is 1. The van der Waals surface area contributed by atoms with Gasteiger partial charge in [-0.1, -0.05) is 68.8 Å². The van der Waals surface area contributed by atoms with Crippen molar-refractivity contribution in [3.63, 3.8) is 0 Å². The van der Waals surface area contributed by atoms with Crippen LogP contribution in [0.4, 0.5) is 0 Å². The summed E-state index contributed by atoms with van der Waals surface area (Å²) in [7, 11) is 0. The van der Waals surface area contributed by atoms with Gasteiger partial charge >= 0.3 is 5.97 Å². The van der Waals surface area contributed by atoms with Crippen LogP contribution in [0, 0.1) is 5.92 Å². The summed E-state index contributed by atoms with van der Waals surface area (Å²) < 4.78 is 5.48. The molecule has 1 heterocycles. The molecule has 0 radical (unpaired) electrons. The Morgan fingerprint density at radius 2 is 1.69 bits per heavy atom. The van der Waals surface area contributed by atoms with E-state index in [4.69, 9.17) is 4.74 Å². The van der Waals surface area contributed by atoms with Crippen molar-refractivity contribution in [1.29, 1.82) is 0 Å². The van der Waals surface area contributed by atoms with Gasteiger partial charge in [-0.15, -0.1) is 0 Å². The van der Waals surface area contributed by atoms with Crippen molar-refractivity contribution < 1.29 is 9.53 Å². The fourth-order valence-corrected chi connectivity index (χ4v) is 3.34. The smallest absolute Gasteiger partial charge is 0.315 e. The van der Waals surface area contributed by atoms with E-state index in [9.17, 15) is 4.79 Å². The SMILES string of the molecule is CCCCCCCCc1cnc(-c2ccc(OC(=O)C(C)C(Br)CC)cc2)cn1. The lowest BCUT2D eigenvalue weighted by Gasteiger charge is -2.15. The first-order valence-corrected chi connectivity index (χ1v) is 11.7. The topological polar surface area (TPSA) is 52.1 Å². The average molecular weight is 461 g/mol. The fraction of sp³-hybridized carbons (Fsp3) is 0.542. The van der Waals surface area contributed by atoms with Crippen LogP contribution in [0.5, 0.6) is 5.75 Å². The molecule has 1 aromatic heterocycles. The van der Waals surface area contributed by atoms with Gasteiger partial charge in [-0.05, 0) is 43.5 Å². The van der Waals surface area contributed by atoms with Crippen LogP contribution >= 0.6 is 15.9 Å². The van der Waals surface area contributed by atoms with Crippen molar-refractivity contribution in [3.8, 4) is 17.0 Å². The van der Waals surface area contributed by atoms with Crippen LogP contribution in [-0.2, 0) is 11.2 Å². The minimum Gasteiger partial charge on any atom is -0.426 e. The third-order valence-electron chi connectivity index (χ3n) is 5.16. The number of aryl methyl sites for hydroxylation is 1. The number of halogens is 1. The van der Waals surface area contributed by atoms with Gasteiger partial charge in [-0.2, -0.15) is 0 Å². The Labute approximate surface area is 183 Å². The maximum Gasteiger partial charge on any atom is 0.315 e. The molecule has 0 saturated carbocycles. The van der Waals surface area contributed by atoms with E-state index < -0.39 is 0 Å². The number of esters is 1. The molecule has 5 heteroatoms. The molecule has 1 aromatic carbocycles. The van der Waals surface area contributed by atoms with Crippen molar-refractivity contribution in [3.05, 3.63) is 42.4 Å². The number of hydrogen-bond acceptors (Lipinski definition) is 4. The Balaban J connectivity index is 1.85. The highest BCUT2D eigenvalue weighted by Crippen LogP contribution is 2.23. The molecule has 0 amide bonds. The Morgan fingerprint density at radius 3 is 2.31 bits per heavy atom. The van der Waals surface area contributed by atoms with Gasteiger partial charge in [0.2, 0.25) is 0 Å². The quantitative estimate of drug-likeness (QED) is 0.152. The Morgan fingerprint density at radius 1 is 1.00 bits per heavy atom. The average Bonchev–Trinajstić information content (AvgIpc) is 2.76. The first-order chi connectivity index (χ1) is 14.0. The number of benzene rings is 1. The molecule has 0 aliphatic rings. The third-order valence-corrected chi connectivity index (χ3v) is 6.61. The number of rotatable bonds is 12. The van der Waals surface area contributed by atoms with Crippen molar-refractivity contribution in [1.82, 2.24) is 9.97 Å². The van der Waals surface area contributed by atoms with Crippen molar-refractivity contribution in [2.45, 2.75) is 77.0 Å². The van der Waals surface area contributed by atoms with Crippen LogP contribution in [0.25, 0.3) is 11.3 Å². The number of hydrogen-bond donors (Lipinski definition) is 0. The van der Waals surface area contributed by atoms with Gasteiger partial charge in [0, 0.05) is 16.6 Å². The molecule has 0 N–H and O–H groups in total. The minimum absolute atomic E-state index is 0.124. The monoisotopic (exact) mass is 460 g/mol. The lowest BCUT2D eigenvalue weighted by Crippen LogP contribution is -2.25. The third kappa shape index (κ3) is 7.88. The maximum absolute atomic E-state index is 12.2. The molecule has 0 spiro atoms. The Hall–Kier alpha value is -1.75. The predicted molar refractivity (Wildman–Crippen MR) is 122 cm³/mol. The van der Waals surface area contributed by atoms with E-state index >= 15 is 0 Å². The van der Waals surface area contributed by atoms with Crippen molar-refractivity contribution in [2.75, 3.05) is 0 Å². The zero-order valence-electron chi connectivity index (χ0n) is 17.9. The lowest BCUT2D eigenvalue weighted by atomic mass is 10.1. The molecular formula is C24H33BrN2O2. The second kappa shape index (κ2) is 12.7. The first kappa shape index (κ1) is 23.5. The van der Waals surface area contributed by atoms with Crippen LogP contribution in [0.3, 0.4) is 0 Å². The molecule has 2 rings (SSSR count). The number of nitrogens with zero attached hydrogens (tertiary/aromatic N) is 2. The highest BCUT2D eigenvalue weighted by atomic mass is 79.9. The number of carbonyl (C=O) groups is 1. The van der Waals surface area contributed by atoms with Crippen LogP contribution in [0.2, 0.25) is 0 Å². The number of alkyl halides is 1. The molecular weight excluding hydrogens is 428 g/mol. The van der Waals surface area contributed by atoms with E-state index in [0.717, 1.165) is 29.8 Å². The van der Waals surface area contributed by atoms with Crippen LogP contribution in [-0.4, -0.2) is 20.8 Å². The molecule has 0 aliphatic heterocycles. The van der Waals surface area contributed by atoms with Gasteiger partial charge in [-0.25, -0.2) is 0 Å². The summed E-state index contributed by atoms with van der Waals surface area (Å²) in [5.74, 6) is 0.138. The predicted octanol–water partition coefficient (Wildman–Crippen LogP) is 6.76. The van der Waals surface area contributed by atoms with Gasteiger partial charge in [0.1, 0.15) is 5.75 Å². The molecule has 2 atom stereocenters. The van der Waals surface area contributed by atoms with Gasteiger partial charge in [0.05, 0.1) is 23.5 Å². The second-order valence-electron chi connectivity index (χ2n) is 7.57. The maximum atomic E-state index is 12.2. The summed E-state index contributed by atoms with van der Waals surface area (Å²) in [4.78, 5) is 21.4. The summed E-state index contributed by atoms with van der Waals surface area (Å²) >= 11 is 3.52. The van der Waals surface area contributed by atoms with Gasteiger partial charge in [0.15, 0.2) is 0 Å². The second-order valence-corrected chi connectivity index (χ2v) is 8.75. The van der Waals surface area contributed by atoms with Gasteiger partial charge in [0.25, 0.3) is 0 Å². The number of aromatic nitrogens is 2. The highest BCUT2D eigenvalue weighted by Gasteiger charge is 2.22. The van der Waals surface area contributed by atoms with Gasteiger partial charge in [-0.3, -0.25) is 14.8 Å². The highest BCUT2D eigenvalue weighted by molar-refractivity contribution is 9.09. The first-order valence-electron chi connectivity index (χ1n) is 10.8. The summed E-state index contributed by atoms with van der Waals surface area (Å²) in [6.07, 6.45) is 13.3. The van der Waals surface area contributed by atoms with Crippen LogP contribution in [0.1, 0.15) is 71.4 Å². The molecule has 2 unspecified atom stereocenters. The minimum atomic E-state index is -0.222. The molecule has 0 aliphatic carbocycles. The summed E-state index contributed by atoms with van der Waals surface area (Å²) in [5, 5.41) is 0.